The van der Waals surface area contributed by atoms with Gasteiger partial charge in [0.05, 0.1) is 17.4 Å². The van der Waals surface area contributed by atoms with Gasteiger partial charge >= 0.3 is 7.12 Å². The van der Waals surface area contributed by atoms with Crippen LogP contribution in [0.1, 0.15) is 33.3 Å². The average Bonchev–Trinajstić information content (AvgIpc) is 2.75. The minimum atomic E-state index is -0.719. The molecule has 0 aliphatic carbocycles. The van der Waals surface area contributed by atoms with Gasteiger partial charge in [-0.1, -0.05) is 30.3 Å². The summed E-state index contributed by atoms with van der Waals surface area (Å²) >= 11 is 0. The number of hydrogen-bond donors (Lipinski definition) is 0. The van der Waals surface area contributed by atoms with E-state index in [4.69, 9.17) is 14.0 Å². The van der Waals surface area contributed by atoms with Crippen LogP contribution in [-0.2, 0) is 15.9 Å². The van der Waals surface area contributed by atoms with Crippen molar-refractivity contribution in [2.75, 3.05) is 0 Å². The van der Waals surface area contributed by atoms with Gasteiger partial charge in [0.1, 0.15) is 12.4 Å². The molecule has 3 rings (SSSR count). The number of rotatable bonds is 4. The first-order valence-electron chi connectivity index (χ1n) is 7.96. The molecule has 1 saturated heterocycles. The fourth-order valence-electron chi connectivity index (χ4n) is 2.43. The summed E-state index contributed by atoms with van der Waals surface area (Å²) in [6.07, 6.45) is 1.13. The number of pyridine rings is 1. The molecule has 1 aromatic heterocycles. The van der Waals surface area contributed by atoms with E-state index in [1.165, 1.54) is 6.07 Å². The van der Waals surface area contributed by atoms with E-state index < -0.39 is 24.1 Å². The molecule has 1 aliphatic heterocycles. The van der Waals surface area contributed by atoms with E-state index in [2.05, 4.69) is 4.98 Å². The molecule has 0 N–H and O–H groups in total. The Morgan fingerprint density at radius 3 is 2.33 bits per heavy atom. The quantitative estimate of drug-likeness (QED) is 0.808. The summed E-state index contributed by atoms with van der Waals surface area (Å²) in [7, 11) is -0.719. The van der Waals surface area contributed by atoms with Crippen LogP contribution in [-0.4, -0.2) is 23.3 Å². The predicted molar refractivity (Wildman–Crippen MR) is 90.7 cm³/mol. The van der Waals surface area contributed by atoms with Crippen molar-refractivity contribution in [3.05, 3.63) is 54.0 Å². The van der Waals surface area contributed by atoms with Crippen LogP contribution >= 0.6 is 0 Å². The Hall–Kier alpha value is -1.92. The first-order chi connectivity index (χ1) is 11.3. The Kier molecular flexibility index (Phi) is 4.36. The lowest BCUT2D eigenvalue weighted by molar-refractivity contribution is 0.00578. The fraction of sp³-hybridized carbons (Fsp3) is 0.389. The van der Waals surface area contributed by atoms with Crippen LogP contribution in [0.15, 0.2) is 42.6 Å². The molecule has 0 unspecified atom stereocenters. The van der Waals surface area contributed by atoms with Crippen molar-refractivity contribution in [2.24, 2.45) is 0 Å². The van der Waals surface area contributed by atoms with Gasteiger partial charge in [-0.05, 0) is 39.3 Å². The molecule has 0 amide bonds. The standard InChI is InChI=1S/C18H21BFNO3/c1-17(2)18(3,4)24-19(23-17)15-10-14(20)11-21-16(15)22-12-13-8-6-5-7-9-13/h5-11H,12H2,1-4H3. The summed E-state index contributed by atoms with van der Waals surface area (Å²) in [5.74, 6) is -0.134. The maximum absolute atomic E-state index is 13.7. The minimum absolute atomic E-state index is 0.318. The van der Waals surface area contributed by atoms with E-state index in [0.717, 1.165) is 11.8 Å². The summed E-state index contributed by atoms with van der Waals surface area (Å²) in [4.78, 5) is 4.08. The third kappa shape index (κ3) is 3.30. The van der Waals surface area contributed by atoms with Gasteiger partial charge in [-0.25, -0.2) is 9.37 Å². The normalized spacial score (nSPS) is 18.6. The first kappa shape index (κ1) is 16.9. The lowest BCUT2D eigenvalue weighted by Gasteiger charge is -2.32. The number of ether oxygens (including phenoxy) is 1. The molecule has 0 spiro atoms. The zero-order valence-electron chi connectivity index (χ0n) is 14.4. The van der Waals surface area contributed by atoms with Gasteiger partial charge in [-0.3, -0.25) is 0 Å². The lowest BCUT2D eigenvalue weighted by Crippen LogP contribution is -2.41. The molecule has 0 radical (unpaired) electrons. The average molecular weight is 329 g/mol. The molecule has 126 valence electrons. The van der Waals surface area contributed by atoms with Crippen molar-refractivity contribution < 1.29 is 18.4 Å². The van der Waals surface area contributed by atoms with E-state index in [-0.39, 0.29) is 0 Å². The largest absolute Gasteiger partial charge is 0.500 e. The molecule has 0 atom stereocenters. The maximum Gasteiger partial charge on any atom is 0.500 e. The van der Waals surface area contributed by atoms with Gasteiger partial charge in [0.15, 0.2) is 0 Å². The summed E-state index contributed by atoms with van der Waals surface area (Å²) in [5, 5.41) is 0. The smallest absolute Gasteiger partial charge is 0.473 e. The zero-order chi connectivity index (χ0) is 17.4. The summed E-state index contributed by atoms with van der Waals surface area (Å²) in [6.45, 7) is 8.13. The summed E-state index contributed by atoms with van der Waals surface area (Å²) in [5.41, 5.74) is 0.439. The Morgan fingerprint density at radius 2 is 1.71 bits per heavy atom. The highest BCUT2D eigenvalue weighted by molar-refractivity contribution is 6.63. The zero-order valence-corrected chi connectivity index (χ0v) is 14.4. The van der Waals surface area contributed by atoms with Crippen LogP contribution in [0.4, 0.5) is 4.39 Å². The van der Waals surface area contributed by atoms with Crippen molar-refractivity contribution in [2.45, 2.75) is 45.5 Å². The van der Waals surface area contributed by atoms with Crippen LogP contribution in [0.5, 0.6) is 5.88 Å². The van der Waals surface area contributed by atoms with Crippen molar-refractivity contribution >= 4 is 12.6 Å². The Morgan fingerprint density at radius 1 is 1.08 bits per heavy atom. The first-order valence-corrected chi connectivity index (χ1v) is 7.96. The number of nitrogens with zero attached hydrogens (tertiary/aromatic N) is 1. The molecule has 0 bridgehead atoms. The molecule has 1 aliphatic rings. The Balaban J connectivity index is 1.84. The Bertz CT molecular complexity index is 705. The van der Waals surface area contributed by atoms with Crippen LogP contribution < -0.4 is 10.2 Å². The van der Waals surface area contributed by atoms with E-state index in [0.29, 0.717) is 17.9 Å². The van der Waals surface area contributed by atoms with Crippen molar-refractivity contribution in [3.8, 4) is 5.88 Å². The third-order valence-electron chi connectivity index (χ3n) is 4.57. The molecule has 24 heavy (non-hydrogen) atoms. The third-order valence-corrected chi connectivity index (χ3v) is 4.57. The molecule has 1 fully saturated rings. The van der Waals surface area contributed by atoms with Crippen LogP contribution in [0.2, 0.25) is 0 Å². The highest BCUT2D eigenvalue weighted by atomic mass is 19.1. The second-order valence-corrected chi connectivity index (χ2v) is 6.91. The monoisotopic (exact) mass is 329 g/mol. The van der Waals surface area contributed by atoms with Crippen LogP contribution in [0, 0.1) is 5.82 Å². The number of hydrogen-bond acceptors (Lipinski definition) is 4. The number of aromatic nitrogens is 1. The number of benzene rings is 1. The molecular formula is C18H21BFNO3. The highest BCUT2D eigenvalue weighted by Gasteiger charge is 2.52. The van der Waals surface area contributed by atoms with E-state index >= 15 is 0 Å². The molecule has 0 saturated carbocycles. The van der Waals surface area contributed by atoms with Gasteiger partial charge in [-0.2, -0.15) is 0 Å². The summed E-state index contributed by atoms with van der Waals surface area (Å²) < 4.78 is 31.5. The van der Waals surface area contributed by atoms with E-state index in [1.54, 1.807) is 0 Å². The van der Waals surface area contributed by atoms with Gasteiger partial charge < -0.3 is 14.0 Å². The molecule has 6 heteroatoms. The van der Waals surface area contributed by atoms with E-state index in [1.807, 2.05) is 58.0 Å². The van der Waals surface area contributed by atoms with Gasteiger partial charge in [-0.15, -0.1) is 0 Å². The van der Waals surface area contributed by atoms with Crippen molar-refractivity contribution in [3.63, 3.8) is 0 Å². The molecular weight excluding hydrogens is 308 g/mol. The molecule has 1 aromatic carbocycles. The predicted octanol–water partition coefficient (Wildman–Crippen LogP) is 3.10. The minimum Gasteiger partial charge on any atom is -0.473 e. The summed E-state index contributed by atoms with van der Waals surface area (Å²) in [6, 6.07) is 11.1. The van der Waals surface area contributed by atoms with Crippen molar-refractivity contribution in [1.82, 2.24) is 4.98 Å². The van der Waals surface area contributed by atoms with Crippen molar-refractivity contribution in [1.29, 1.82) is 0 Å². The van der Waals surface area contributed by atoms with Gasteiger partial charge in [0.25, 0.3) is 0 Å². The topological polar surface area (TPSA) is 40.6 Å². The van der Waals surface area contributed by atoms with Crippen LogP contribution in [0.3, 0.4) is 0 Å². The Labute approximate surface area is 142 Å². The fourth-order valence-corrected chi connectivity index (χ4v) is 2.43. The van der Waals surface area contributed by atoms with Gasteiger partial charge in [0.2, 0.25) is 5.88 Å². The maximum atomic E-state index is 13.7. The van der Waals surface area contributed by atoms with E-state index in [9.17, 15) is 4.39 Å². The lowest BCUT2D eigenvalue weighted by atomic mass is 9.79. The molecule has 2 aromatic rings. The SMILES string of the molecule is CC1(C)OB(c2cc(F)cnc2OCc2ccccc2)OC1(C)C. The molecule has 4 nitrogen and oxygen atoms in total. The molecule has 2 heterocycles. The van der Waals surface area contributed by atoms with Crippen LogP contribution in [0.25, 0.3) is 0 Å². The number of halogens is 1. The second-order valence-electron chi connectivity index (χ2n) is 6.91. The van der Waals surface area contributed by atoms with Gasteiger partial charge in [0, 0.05) is 5.46 Å². The second kappa shape index (κ2) is 6.18. The highest BCUT2D eigenvalue weighted by Crippen LogP contribution is 2.37.